The summed E-state index contributed by atoms with van der Waals surface area (Å²) in [4.78, 5) is 13.4. The highest BCUT2D eigenvalue weighted by Gasteiger charge is 2.21. The molecule has 1 N–H and O–H groups in total. The van der Waals surface area contributed by atoms with Crippen molar-refractivity contribution in [2.45, 2.75) is 6.10 Å². The lowest BCUT2D eigenvalue weighted by Crippen LogP contribution is -2.47. The number of rotatable bonds is 5. The minimum Gasteiger partial charge on any atom is -0.387 e. The normalized spacial score (nSPS) is 16.0. The van der Waals surface area contributed by atoms with Gasteiger partial charge in [-0.3, -0.25) is 4.90 Å². The van der Waals surface area contributed by atoms with E-state index in [4.69, 9.17) is 0 Å². The fraction of sp³-hybridized carbons (Fsp3) is 0.273. The number of β-amino-alcohol motifs (C(OH)–C–C–N with tert-alkyl or cyclic N) is 1. The van der Waals surface area contributed by atoms with Crippen LogP contribution >= 0.6 is 0 Å². The van der Waals surface area contributed by atoms with Crippen LogP contribution in [0.3, 0.4) is 0 Å². The van der Waals surface area contributed by atoms with Crippen LogP contribution in [0.1, 0.15) is 11.7 Å². The summed E-state index contributed by atoms with van der Waals surface area (Å²) in [5.74, 6) is -0.280. The van der Waals surface area contributed by atoms with E-state index in [0.29, 0.717) is 17.9 Å². The first-order chi connectivity index (χ1) is 14.1. The maximum atomic E-state index is 13.4. The van der Waals surface area contributed by atoms with Gasteiger partial charge in [0.05, 0.1) is 6.10 Å². The van der Waals surface area contributed by atoms with Crippen molar-refractivity contribution in [1.82, 2.24) is 14.9 Å². The Labute approximate surface area is 168 Å². The zero-order valence-electron chi connectivity index (χ0n) is 15.9. The Morgan fingerprint density at radius 3 is 2.41 bits per heavy atom. The van der Waals surface area contributed by atoms with Gasteiger partial charge in [-0.15, -0.1) is 0 Å². The molecule has 0 unspecified atom stereocenters. The molecule has 1 atom stereocenters. The third kappa shape index (κ3) is 4.58. The molecular weight excluding hydrogens is 374 g/mol. The standard InChI is InChI=1S/C22H22F2N4O/c23-18-7-6-17(14-19(18)24)20(29)15-27-10-12-28(13-11-27)21-8-9-25-22(26-21)16-4-2-1-3-5-16/h1-9,14,20,29H,10-13,15H2/t20-/m1/s1. The first-order valence-electron chi connectivity index (χ1n) is 9.59. The average molecular weight is 396 g/mol. The van der Waals surface area contributed by atoms with Crippen molar-refractivity contribution in [2.75, 3.05) is 37.6 Å². The van der Waals surface area contributed by atoms with Gasteiger partial charge in [0.15, 0.2) is 17.5 Å². The Kier molecular flexibility index (Phi) is 5.78. The molecule has 1 aliphatic heterocycles. The first-order valence-corrected chi connectivity index (χ1v) is 9.59. The summed E-state index contributed by atoms with van der Waals surface area (Å²) in [6, 6.07) is 15.3. The molecule has 0 spiro atoms. The van der Waals surface area contributed by atoms with Crippen molar-refractivity contribution < 1.29 is 13.9 Å². The van der Waals surface area contributed by atoms with Crippen molar-refractivity contribution >= 4 is 5.82 Å². The third-order valence-electron chi connectivity index (χ3n) is 5.13. The lowest BCUT2D eigenvalue weighted by atomic mass is 10.1. The number of anilines is 1. The van der Waals surface area contributed by atoms with E-state index in [0.717, 1.165) is 49.7 Å². The molecule has 1 fully saturated rings. The Morgan fingerprint density at radius 2 is 1.69 bits per heavy atom. The van der Waals surface area contributed by atoms with Crippen molar-refractivity contribution in [3.63, 3.8) is 0 Å². The monoisotopic (exact) mass is 396 g/mol. The zero-order valence-corrected chi connectivity index (χ0v) is 15.9. The van der Waals surface area contributed by atoms with E-state index in [1.807, 2.05) is 36.4 Å². The molecule has 1 saturated heterocycles. The molecule has 1 aliphatic rings. The summed E-state index contributed by atoms with van der Waals surface area (Å²) in [5, 5.41) is 10.4. The summed E-state index contributed by atoms with van der Waals surface area (Å²) in [5.41, 5.74) is 1.36. The predicted molar refractivity (Wildman–Crippen MR) is 107 cm³/mol. The minimum atomic E-state index is -0.940. The largest absolute Gasteiger partial charge is 0.387 e. The fourth-order valence-corrected chi connectivity index (χ4v) is 3.48. The molecule has 7 heteroatoms. The van der Waals surface area contributed by atoms with Gasteiger partial charge < -0.3 is 10.0 Å². The lowest BCUT2D eigenvalue weighted by molar-refractivity contribution is 0.109. The second-order valence-corrected chi connectivity index (χ2v) is 7.08. The molecular formula is C22H22F2N4O. The number of aliphatic hydroxyl groups is 1. The van der Waals surface area contributed by atoms with E-state index in [9.17, 15) is 13.9 Å². The summed E-state index contributed by atoms with van der Waals surface area (Å²) < 4.78 is 26.5. The third-order valence-corrected chi connectivity index (χ3v) is 5.13. The van der Waals surface area contributed by atoms with Crippen molar-refractivity contribution in [3.8, 4) is 11.4 Å². The Bertz CT molecular complexity index is 962. The van der Waals surface area contributed by atoms with Crippen molar-refractivity contribution in [2.24, 2.45) is 0 Å². The Hall–Kier alpha value is -2.90. The average Bonchev–Trinajstić information content (AvgIpc) is 2.77. The maximum Gasteiger partial charge on any atom is 0.161 e. The number of aliphatic hydroxyl groups excluding tert-OH is 1. The Balaban J connectivity index is 1.36. The number of hydrogen-bond acceptors (Lipinski definition) is 5. The van der Waals surface area contributed by atoms with Gasteiger partial charge in [0, 0.05) is 44.5 Å². The number of hydrogen-bond donors (Lipinski definition) is 1. The van der Waals surface area contributed by atoms with Crippen LogP contribution in [0.5, 0.6) is 0 Å². The molecule has 0 amide bonds. The number of halogens is 2. The second-order valence-electron chi connectivity index (χ2n) is 7.08. The van der Waals surface area contributed by atoms with Gasteiger partial charge in [-0.25, -0.2) is 18.7 Å². The van der Waals surface area contributed by atoms with Crippen LogP contribution in [-0.2, 0) is 0 Å². The molecule has 3 aromatic rings. The quantitative estimate of drug-likeness (QED) is 0.717. The molecule has 29 heavy (non-hydrogen) atoms. The first kappa shape index (κ1) is 19.4. The molecule has 150 valence electrons. The van der Waals surface area contributed by atoms with Crippen LogP contribution in [0.2, 0.25) is 0 Å². The van der Waals surface area contributed by atoms with Crippen LogP contribution in [-0.4, -0.2) is 52.7 Å². The summed E-state index contributed by atoms with van der Waals surface area (Å²) in [7, 11) is 0. The van der Waals surface area contributed by atoms with Gasteiger partial charge in [0.2, 0.25) is 0 Å². The van der Waals surface area contributed by atoms with E-state index in [2.05, 4.69) is 19.8 Å². The van der Waals surface area contributed by atoms with Gasteiger partial charge in [0.1, 0.15) is 5.82 Å². The van der Waals surface area contributed by atoms with Crippen LogP contribution in [0, 0.1) is 11.6 Å². The number of benzene rings is 2. The van der Waals surface area contributed by atoms with Crippen LogP contribution in [0.25, 0.3) is 11.4 Å². The van der Waals surface area contributed by atoms with E-state index in [1.165, 1.54) is 6.07 Å². The molecule has 0 saturated carbocycles. The molecule has 0 radical (unpaired) electrons. The zero-order chi connectivity index (χ0) is 20.2. The summed E-state index contributed by atoms with van der Waals surface area (Å²) in [6.45, 7) is 3.38. The number of nitrogens with zero attached hydrogens (tertiary/aromatic N) is 4. The highest BCUT2D eigenvalue weighted by atomic mass is 19.2. The molecule has 2 aromatic carbocycles. The van der Waals surface area contributed by atoms with Crippen LogP contribution in [0.15, 0.2) is 60.8 Å². The number of piperazine rings is 1. The van der Waals surface area contributed by atoms with Crippen LogP contribution < -0.4 is 4.90 Å². The van der Waals surface area contributed by atoms with E-state index in [-0.39, 0.29) is 0 Å². The number of aromatic nitrogens is 2. The predicted octanol–water partition coefficient (Wildman–Crippen LogP) is 3.28. The molecule has 0 bridgehead atoms. The highest BCUT2D eigenvalue weighted by molar-refractivity contribution is 5.57. The van der Waals surface area contributed by atoms with Gasteiger partial charge in [-0.2, -0.15) is 0 Å². The van der Waals surface area contributed by atoms with Gasteiger partial charge in [-0.1, -0.05) is 36.4 Å². The topological polar surface area (TPSA) is 52.5 Å². The smallest absolute Gasteiger partial charge is 0.161 e. The Morgan fingerprint density at radius 1 is 0.931 bits per heavy atom. The molecule has 0 aliphatic carbocycles. The van der Waals surface area contributed by atoms with E-state index in [1.54, 1.807) is 6.20 Å². The lowest BCUT2D eigenvalue weighted by Gasteiger charge is -2.36. The van der Waals surface area contributed by atoms with Gasteiger partial charge >= 0.3 is 0 Å². The van der Waals surface area contributed by atoms with Crippen LogP contribution in [0.4, 0.5) is 14.6 Å². The van der Waals surface area contributed by atoms with E-state index < -0.39 is 17.7 Å². The van der Waals surface area contributed by atoms with Gasteiger partial charge in [0.25, 0.3) is 0 Å². The van der Waals surface area contributed by atoms with Crippen molar-refractivity contribution in [1.29, 1.82) is 0 Å². The molecule has 5 nitrogen and oxygen atoms in total. The molecule has 1 aromatic heterocycles. The highest BCUT2D eigenvalue weighted by Crippen LogP contribution is 2.21. The van der Waals surface area contributed by atoms with Crippen molar-refractivity contribution in [3.05, 3.63) is 78.0 Å². The van der Waals surface area contributed by atoms with E-state index >= 15 is 0 Å². The second kappa shape index (κ2) is 8.63. The summed E-state index contributed by atoms with van der Waals surface area (Å²) in [6.07, 6.45) is 0.907. The molecule has 2 heterocycles. The van der Waals surface area contributed by atoms with Gasteiger partial charge in [-0.05, 0) is 23.8 Å². The maximum absolute atomic E-state index is 13.4. The minimum absolute atomic E-state index is 0.373. The summed E-state index contributed by atoms with van der Waals surface area (Å²) >= 11 is 0. The fourth-order valence-electron chi connectivity index (χ4n) is 3.48. The molecule has 4 rings (SSSR count). The SMILES string of the molecule is O[C@H](CN1CCN(c2ccnc(-c3ccccc3)n2)CC1)c1ccc(F)c(F)c1.